The van der Waals surface area contributed by atoms with Crippen LogP contribution in [0.1, 0.15) is 40.0 Å². The second-order valence-electron chi connectivity index (χ2n) is 7.29. The molecule has 0 saturated heterocycles. The van der Waals surface area contributed by atoms with E-state index in [-0.39, 0.29) is 21.7 Å². The second kappa shape index (κ2) is 8.32. The van der Waals surface area contributed by atoms with Crippen LogP contribution < -0.4 is 0 Å². The summed E-state index contributed by atoms with van der Waals surface area (Å²) >= 11 is 6.34. The number of carboxylic acids is 1. The number of aromatic nitrogens is 1. The highest BCUT2D eigenvalue weighted by Crippen LogP contribution is 2.50. The molecule has 0 radical (unpaired) electrons. The van der Waals surface area contributed by atoms with E-state index in [2.05, 4.69) is 4.98 Å². The fraction of sp³-hybridized carbons (Fsp3) is 0.217. The van der Waals surface area contributed by atoms with E-state index >= 15 is 0 Å². The second-order valence-corrected chi connectivity index (χ2v) is 7.70. The largest absolute Gasteiger partial charge is 0.478 e. The van der Waals surface area contributed by atoms with Gasteiger partial charge in [-0.25, -0.2) is 4.79 Å². The molecule has 0 aliphatic rings. The van der Waals surface area contributed by atoms with Crippen LogP contribution in [0.4, 0.5) is 13.2 Å². The molecule has 0 saturated carbocycles. The highest BCUT2D eigenvalue weighted by molar-refractivity contribution is 6.31. The Labute approximate surface area is 182 Å². The Morgan fingerprint density at radius 1 is 1.06 bits per heavy atom. The van der Waals surface area contributed by atoms with Crippen LogP contribution in [0, 0.1) is 6.92 Å². The number of hydrogen-bond donors (Lipinski definition) is 2. The topological polar surface area (TPSA) is 70.4 Å². The Bertz CT molecular complexity index is 1130. The number of carbonyl (C=O) groups is 1. The zero-order chi connectivity index (χ0) is 23.0. The lowest BCUT2D eigenvalue weighted by Crippen LogP contribution is -2.46. The molecule has 3 aromatic rings. The maximum absolute atomic E-state index is 14.1. The van der Waals surface area contributed by atoms with Gasteiger partial charge in [0.2, 0.25) is 0 Å². The van der Waals surface area contributed by atoms with Crippen molar-refractivity contribution in [3.63, 3.8) is 0 Å². The predicted molar refractivity (Wildman–Crippen MR) is 111 cm³/mol. The number of aromatic carboxylic acids is 1. The number of benzene rings is 2. The number of nitrogens with zero attached hydrogens (tertiary/aromatic N) is 1. The molecule has 0 amide bonds. The number of carboxylic acid groups (broad SMARTS) is 1. The third-order valence-electron chi connectivity index (χ3n) is 5.31. The fourth-order valence-electron chi connectivity index (χ4n) is 3.56. The van der Waals surface area contributed by atoms with Gasteiger partial charge < -0.3 is 10.2 Å². The van der Waals surface area contributed by atoms with Gasteiger partial charge in [-0.15, -0.1) is 0 Å². The van der Waals surface area contributed by atoms with Gasteiger partial charge in [0.1, 0.15) is 0 Å². The van der Waals surface area contributed by atoms with E-state index in [1.54, 1.807) is 18.2 Å². The van der Waals surface area contributed by atoms with Crippen molar-refractivity contribution in [3.05, 3.63) is 88.2 Å². The summed E-state index contributed by atoms with van der Waals surface area (Å²) in [7, 11) is 0. The van der Waals surface area contributed by atoms with Gasteiger partial charge in [-0.05, 0) is 59.5 Å². The molecule has 162 valence electrons. The van der Waals surface area contributed by atoms with Crippen LogP contribution in [-0.2, 0) is 5.60 Å². The number of hydrogen-bond acceptors (Lipinski definition) is 3. The molecular weight excluding hydrogens is 431 g/mol. The van der Waals surface area contributed by atoms with E-state index in [1.165, 1.54) is 50.4 Å². The zero-order valence-corrected chi connectivity index (χ0v) is 17.4. The van der Waals surface area contributed by atoms with Gasteiger partial charge in [-0.3, -0.25) is 4.98 Å². The van der Waals surface area contributed by atoms with Crippen molar-refractivity contribution in [2.45, 2.75) is 31.5 Å². The van der Waals surface area contributed by atoms with Crippen molar-refractivity contribution < 1.29 is 28.2 Å². The van der Waals surface area contributed by atoms with Gasteiger partial charge in [-0.1, -0.05) is 42.8 Å². The minimum Gasteiger partial charge on any atom is -0.478 e. The molecule has 1 aromatic heterocycles. The number of aryl methyl sites for hydroxylation is 1. The molecule has 0 fully saturated rings. The molecule has 0 aliphatic carbocycles. The average molecular weight is 450 g/mol. The first kappa shape index (κ1) is 22.8. The van der Waals surface area contributed by atoms with E-state index < -0.39 is 23.7 Å². The predicted octanol–water partition coefficient (Wildman–Crippen LogP) is 5.96. The Kier molecular flexibility index (Phi) is 6.11. The monoisotopic (exact) mass is 449 g/mol. The van der Waals surface area contributed by atoms with Crippen molar-refractivity contribution in [3.8, 4) is 11.1 Å². The van der Waals surface area contributed by atoms with E-state index in [0.717, 1.165) is 6.07 Å². The van der Waals surface area contributed by atoms with Gasteiger partial charge in [0.15, 0.2) is 5.60 Å². The quantitative estimate of drug-likeness (QED) is 0.504. The van der Waals surface area contributed by atoms with Crippen molar-refractivity contribution in [1.29, 1.82) is 0 Å². The SMILES string of the molecule is Cc1cc(C(O)(C(C)c2ccc(-c3cccc(C(=O)O)c3)cc2Cl)C(F)(F)F)ccn1. The molecule has 4 nitrogen and oxygen atoms in total. The lowest BCUT2D eigenvalue weighted by molar-refractivity contribution is -0.274. The number of aliphatic hydroxyl groups is 1. The van der Waals surface area contributed by atoms with Crippen LogP contribution in [0.15, 0.2) is 60.8 Å². The summed E-state index contributed by atoms with van der Waals surface area (Å²) in [6, 6.07) is 12.9. The molecule has 3 rings (SSSR count). The van der Waals surface area contributed by atoms with Crippen LogP contribution >= 0.6 is 11.6 Å². The third-order valence-corrected chi connectivity index (χ3v) is 5.63. The Hall–Kier alpha value is -2.90. The minimum atomic E-state index is -4.97. The van der Waals surface area contributed by atoms with Crippen LogP contribution in [0.2, 0.25) is 5.02 Å². The molecular formula is C23H19ClF3NO3. The first-order valence-corrected chi connectivity index (χ1v) is 9.68. The molecule has 0 aliphatic heterocycles. The molecule has 0 bridgehead atoms. The summed E-state index contributed by atoms with van der Waals surface area (Å²) < 4.78 is 42.3. The van der Waals surface area contributed by atoms with Crippen LogP contribution in [0.3, 0.4) is 0 Å². The average Bonchev–Trinajstić information content (AvgIpc) is 2.71. The van der Waals surface area contributed by atoms with E-state index in [9.17, 15) is 23.1 Å². The van der Waals surface area contributed by atoms with E-state index in [0.29, 0.717) is 16.8 Å². The highest BCUT2D eigenvalue weighted by Gasteiger charge is 2.59. The summed E-state index contributed by atoms with van der Waals surface area (Å²) in [5.41, 5.74) is -1.90. The number of halogens is 4. The van der Waals surface area contributed by atoms with Gasteiger partial charge in [0, 0.05) is 22.8 Å². The summed E-state index contributed by atoms with van der Waals surface area (Å²) in [6.45, 7) is 2.80. The van der Waals surface area contributed by atoms with E-state index in [1.807, 2.05) is 0 Å². The summed E-state index contributed by atoms with van der Waals surface area (Å²) in [5, 5.41) is 20.1. The number of alkyl halides is 3. The molecule has 0 spiro atoms. The number of rotatable bonds is 5. The van der Waals surface area contributed by atoms with Crippen molar-refractivity contribution in [2.75, 3.05) is 0 Å². The first-order chi connectivity index (χ1) is 14.4. The van der Waals surface area contributed by atoms with Gasteiger partial charge in [-0.2, -0.15) is 13.2 Å². The maximum atomic E-state index is 14.1. The smallest absolute Gasteiger partial charge is 0.422 e. The lowest BCUT2D eigenvalue weighted by atomic mass is 9.77. The summed E-state index contributed by atoms with van der Waals surface area (Å²) in [5.74, 6) is -2.53. The summed E-state index contributed by atoms with van der Waals surface area (Å²) in [6.07, 6.45) is -3.76. The Morgan fingerprint density at radius 2 is 1.74 bits per heavy atom. The Balaban J connectivity index is 2.07. The van der Waals surface area contributed by atoms with Crippen molar-refractivity contribution in [1.82, 2.24) is 4.98 Å². The third kappa shape index (κ3) is 4.29. The molecule has 31 heavy (non-hydrogen) atoms. The lowest BCUT2D eigenvalue weighted by Gasteiger charge is -2.37. The van der Waals surface area contributed by atoms with Crippen LogP contribution in [0.25, 0.3) is 11.1 Å². The summed E-state index contributed by atoms with van der Waals surface area (Å²) in [4.78, 5) is 15.1. The minimum absolute atomic E-state index is 0.0270. The van der Waals surface area contributed by atoms with Crippen LogP contribution in [0.5, 0.6) is 0 Å². The first-order valence-electron chi connectivity index (χ1n) is 9.30. The van der Waals surface area contributed by atoms with Crippen molar-refractivity contribution >= 4 is 17.6 Å². The molecule has 2 atom stereocenters. The molecule has 2 unspecified atom stereocenters. The highest BCUT2D eigenvalue weighted by atomic mass is 35.5. The molecule has 1 heterocycles. The van der Waals surface area contributed by atoms with E-state index in [4.69, 9.17) is 16.7 Å². The zero-order valence-electron chi connectivity index (χ0n) is 16.6. The van der Waals surface area contributed by atoms with Crippen molar-refractivity contribution in [2.24, 2.45) is 0 Å². The maximum Gasteiger partial charge on any atom is 0.422 e. The van der Waals surface area contributed by atoms with Gasteiger partial charge in [0.05, 0.1) is 5.56 Å². The normalized spacial score (nSPS) is 14.7. The van der Waals surface area contributed by atoms with Gasteiger partial charge in [0.25, 0.3) is 0 Å². The molecule has 8 heteroatoms. The fourth-order valence-corrected chi connectivity index (χ4v) is 3.90. The van der Waals surface area contributed by atoms with Gasteiger partial charge >= 0.3 is 12.1 Å². The molecule has 2 N–H and O–H groups in total. The molecule has 2 aromatic carbocycles. The van der Waals surface area contributed by atoms with Crippen LogP contribution in [-0.4, -0.2) is 27.3 Å². The standard InChI is InChI=1S/C23H19ClF3NO3/c1-13-10-18(8-9-28-13)22(31,23(25,26)27)14(2)19-7-6-16(12-20(19)24)15-4-3-5-17(11-15)21(29)30/h3-12,14,31H,1-2H3,(H,29,30). The Morgan fingerprint density at radius 3 is 2.32 bits per heavy atom. The number of pyridine rings is 1.